The Balaban J connectivity index is 2.20. The Hall–Kier alpha value is -2.45. The molecular formula is C12H15FN4O4. The Kier molecular flexibility index (Phi) is 3.92. The van der Waals surface area contributed by atoms with E-state index in [1.807, 2.05) is 0 Å². The van der Waals surface area contributed by atoms with Gasteiger partial charge in [-0.15, -0.1) is 0 Å². The summed E-state index contributed by atoms with van der Waals surface area (Å²) in [5.41, 5.74) is -0.957. The lowest BCUT2D eigenvalue weighted by atomic mass is 9.87. The molecule has 0 radical (unpaired) electrons. The molecule has 2 rings (SSSR count). The van der Waals surface area contributed by atoms with Crippen LogP contribution in [0.1, 0.15) is 13.3 Å². The van der Waals surface area contributed by atoms with Crippen LogP contribution in [0.15, 0.2) is 18.3 Å². The largest absolute Gasteiger partial charge is 0.465 e. The van der Waals surface area contributed by atoms with Gasteiger partial charge < -0.3 is 25.4 Å². The first-order chi connectivity index (χ1) is 9.83. The minimum Gasteiger partial charge on any atom is -0.465 e. The van der Waals surface area contributed by atoms with Crippen molar-refractivity contribution in [2.24, 2.45) is 0 Å². The number of alkyl halides is 1. The molecule has 2 atom stereocenters. The van der Waals surface area contributed by atoms with Gasteiger partial charge in [0.2, 0.25) is 0 Å². The summed E-state index contributed by atoms with van der Waals surface area (Å²) in [5.74, 6) is -0.334. The number of piperidine rings is 1. The van der Waals surface area contributed by atoms with E-state index in [0.29, 0.717) is 6.54 Å². The average Bonchev–Trinajstić information content (AvgIpc) is 2.41. The van der Waals surface area contributed by atoms with Gasteiger partial charge in [-0.3, -0.25) is 0 Å². The fourth-order valence-corrected chi connectivity index (χ4v) is 2.39. The molecule has 0 spiro atoms. The number of hydrogen-bond acceptors (Lipinski definition) is 5. The second-order valence-corrected chi connectivity index (χ2v) is 5.11. The summed E-state index contributed by atoms with van der Waals surface area (Å²) in [6.07, 6.45) is -1.27. The van der Waals surface area contributed by atoms with Crippen LogP contribution < -0.4 is 10.2 Å². The average molecular weight is 298 g/mol. The van der Waals surface area contributed by atoms with Crippen LogP contribution in [0.3, 0.4) is 0 Å². The first-order valence-electron chi connectivity index (χ1n) is 6.33. The highest BCUT2D eigenvalue weighted by molar-refractivity contribution is 5.66. The van der Waals surface area contributed by atoms with Crippen molar-refractivity contribution in [2.75, 3.05) is 18.0 Å². The maximum atomic E-state index is 14.3. The Bertz CT molecular complexity index is 570. The smallest absolute Gasteiger partial charge is 0.405 e. The molecule has 0 aliphatic carbocycles. The van der Waals surface area contributed by atoms with E-state index >= 15 is 0 Å². The fraction of sp³-hybridized carbons (Fsp3) is 0.500. The minimum absolute atomic E-state index is 0.136. The number of carboxylic acid groups (broad SMARTS) is 1. The molecule has 1 aliphatic rings. The SMILES string of the molecule is CC1(NC(=O)O)CCN(c2cccnc2[N+](=O)[O-])CC1F. The topological polar surface area (TPSA) is 109 Å². The Morgan fingerprint density at radius 2 is 2.43 bits per heavy atom. The molecule has 1 aromatic rings. The van der Waals surface area contributed by atoms with Crippen LogP contribution >= 0.6 is 0 Å². The quantitative estimate of drug-likeness (QED) is 0.647. The van der Waals surface area contributed by atoms with E-state index in [4.69, 9.17) is 5.11 Å². The molecule has 0 aromatic carbocycles. The van der Waals surface area contributed by atoms with Crippen LogP contribution in [-0.4, -0.2) is 45.9 Å². The Morgan fingerprint density at radius 1 is 1.71 bits per heavy atom. The van der Waals surface area contributed by atoms with Gasteiger partial charge in [0.25, 0.3) is 0 Å². The summed E-state index contributed by atoms with van der Waals surface area (Å²) in [7, 11) is 0. The third-order valence-electron chi connectivity index (χ3n) is 3.65. The van der Waals surface area contributed by atoms with E-state index in [0.717, 1.165) is 0 Å². The van der Waals surface area contributed by atoms with E-state index in [1.165, 1.54) is 24.1 Å². The number of rotatable bonds is 3. The molecule has 1 amide bonds. The van der Waals surface area contributed by atoms with Crippen molar-refractivity contribution in [3.8, 4) is 0 Å². The van der Waals surface area contributed by atoms with Crippen LogP contribution in [-0.2, 0) is 0 Å². The van der Waals surface area contributed by atoms with Crippen molar-refractivity contribution in [1.82, 2.24) is 10.3 Å². The van der Waals surface area contributed by atoms with Gasteiger partial charge in [0, 0.05) is 6.54 Å². The Morgan fingerprint density at radius 3 is 3.00 bits per heavy atom. The molecule has 114 valence electrons. The molecule has 1 saturated heterocycles. The highest BCUT2D eigenvalue weighted by atomic mass is 19.1. The van der Waals surface area contributed by atoms with Gasteiger partial charge in [0.1, 0.15) is 18.1 Å². The zero-order valence-electron chi connectivity index (χ0n) is 11.3. The molecule has 2 N–H and O–H groups in total. The van der Waals surface area contributed by atoms with E-state index in [1.54, 1.807) is 6.07 Å². The van der Waals surface area contributed by atoms with Crippen LogP contribution in [0.4, 0.5) is 20.7 Å². The van der Waals surface area contributed by atoms with Gasteiger partial charge in [-0.05, 0) is 35.4 Å². The van der Waals surface area contributed by atoms with Crippen LogP contribution in [0, 0.1) is 10.1 Å². The number of amides is 1. The van der Waals surface area contributed by atoms with Crippen molar-refractivity contribution < 1.29 is 19.2 Å². The number of nitro groups is 1. The molecule has 1 aliphatic heterocycles. The van der Waals surface area contributed by atoms with E-state index in [9.17, 15) is 19.3 Å². The zero-order valence-corrected chi connectivity index (χ0v) is 11.3. The third-order valence-corrected chi connectivity index (χ3v) is 3.65. The summed E-state index contributed by atoms with van der Waals surface area (Å²) in [6.45, 7) is 1.65. The summed E-state index contributed by atoms with van der Waals surface area (Å²) >= 11 is 0. The van der Waals surface area contributed by atoms with Gasteiger partial charge in [0.15, 0.2) is 0 Å². The van der Waals surface area contributed by atoms with Crippen LogP contribution in [0.5, 0.6) is 0 Å². The molecule has 1 aromatic heterocycles. The van der Waals surface area contributed by atoms with Crippen molar-refractivity contribution in [3.05, 3.63) is 28.4 Å². The maximum absolute atomic E-state index is 14.3. The highest BCUT2D eigenvalue weighted by Gasteiger charge is 2.42. The van der Waals surface area contributed by atoms with Crippen LogP contribution in [0.2, 0.25) is 0 Å². The zero-order chi connectivity index (χ0) is 15.6. The number of anilines is 1. The molecule has 2 heterocycles. The summed E-state index contributed by atoms with van der Waals surface area (Å²) in [5, 5.41) is 21.9. The lowest BCUT2D eigenvalue weighted by Gasteiger charge is -2.42. The third kappa shape index (κ3) is 3.01. The number of nitrogens with zero attached hydrogens (tertiary/aromatic N) is 3. The van der Waals surface area contributed by atoms with Gasteiger partial charge in [-0.1, -0.05) is 0 Å². The molecule has 2 unspecified atom stereocenters. The highest BCUT2D eigenvalue weighted by Crippen LogP contribution is 2.32. The van der Waals surface area contributed by atoms with E-state index in [-0.39, 0.29) is 24.5 Å². The second kappa shape index (κ2) is 5.51. The Labute approximate surface area is 119 Å². The van der Waals surface area contributed by atoms with E-state index in [2.05, 4.69) is 10.3 Å². The second-order valence-electron chi connectivity index (χ2n) is 5.11. The summed E-state index contributed by atoms with van der Waals surface area (Å²) in [6, 6.07) is 3.05. The van der Waals surface area contributed by atoms with Crippen molar-refractivity contribution in [1.29, 1.82) is 0 Å². The predicted molar refractivity (Wildman–Crippen MR) is 72.2 cm³/mol. The number of pyridine rings is 1. The number of carbonyl (C=O) groups is 1. The normalized spacial score (nSPS) is 25.4. The van der Waals surface area contributed by atoms with Gasteiger partial charge in [0.05, 0.1) is 12.1 Å². The van der Waals surface area contributed by atoms with Gasteiger partial charge in [-0.2, -0.15) is 0 Å². The molecule has 9 heteroatoms. The minimum atomic E-state index is -1.48. The fourth-order valence-electron chi connectivity index (χ4n) is 2.39. The maximum Gasteiger partial charge on any atom is 0.405 e. The van der Waals surface area contributed by atoms with Crippen LogP contribution in [0.25, 0.3) is 0 Å². The lowest BCUT2D eigenvalue weighted by molar-refractivity contribution is -0.388. The first kappa shape index (κ1) is 14.9. The number of halogens is 1. The first-order valence-corrected chi connectivity index (χ1v) is 6.33. The molecule has 21 heavy (non-hydrogen) atoms. The molecular weight excluding hydrogens is 283 g/mol. The molecule has 0 saturated carbocycles. The number of hydrogen-bond donors (Lipinski definition) is 2. The van der Waals surface area contributed by atoms with Crippen molar-refractivity contribution in [2.45, 2.75) is 25.1 Å². The monoisotopic (exact) mass is 298 g/mol. The van der Waals surface area contributed by atoms with Gasteiger partial charge >= 0.3 is 11.9 Å². The number of nitrogens with one attached hydrogen (secondary N) is 1. The summed E-state index contributed by atoms with van der Waals surface area (Å²) < 4.78 is 14.3. The molecule has 0 bridgehead atoms. The van der Waals surface area contributed by atoms with E-state index < -0.39 is 22.7 Å². The lowest BCUT2D eigenvalue weighted by Crippen LogP contribution is -2.60. The molecule has 1 fully saturated rings. The predicted octanol–water partition coefficient (Wildman–Crippen LogP) is 1.56. The standard InChI is InChI=1S/C12H15FN4O4/c1-12(15-11(18)19)4-6-16(7-9(12)13)8-3-2-5-14-10(8)17(20)21/h2-3,5,9,15H,4,6-7H2,1H3,(H,18,19). The number of aromatic nitrogens is 1. The van der Waals surface area contributed by atoms with Crippen molar-refractivity contribution in [3.63, 3.8) is 0 Å². The molecule has 8 nitrogen and oxygen atoms in total. The van der Waals surface area contributed by atoms with Crippen molar-refractivity contribution >= 4 is 17.6 Å². The van der Waals surface area contributed by atoms with Gasteiger partial charge in [-0.25, -0.2) is 9.18 Å². The summed E-state index contributed by atoms with van der Waals surface area (Å²) in [4.78, 5) is 26.3.